The number of hydrogen-bond donors (Lipinski definition) is 1. The van der Waals surface area contributed by atoms with Crippen molar-refractivity contribution in [1.29, 1.82) is 0 Å². The third kappa shape index (κ3) is 3.54. The van der Waals surface area contributed by atoms with Gasteiger partial charge in [-0.25, -0.2) is 4.39 Å². The molecule has 0 bridgehead atoms. The first kappa shape index (κ1) is 13.5. The normalized spacial score (nSPS) is 10.4. The summed E-state index contributed by atoms with van der Waals surface area (Å²) in [5, 5.41) is 3.86. The van der Waals surface area contributed by atoms with Crippen LogP contribution in [0.1, 0.15) is 5.56 Å². The van der Waals surface area contributed by atoms with Crippen molar-refractivity contribution < 1.29 is 13.9 Å². The fourth-order valence-electron chi connectivity index (χ4n) is 1.46. The Morgan fingerprint density at radius 1 is 1.53 bits per heavy atom. The number of anilines is 1. The van der Waals surface area contributed by atoms with E-state index in [-0.39, 0.29) is 13.2 Å². The van der Waals surface area contributed by atoms with Crippen molar-refractivity contribution in [2.45, 2.75) is 13.2 Å². The van der Waals surface area contributed by atoms with Gasteiger partial charge < -0.3 is 10.5 Å². The number of nitrogens with zero attached hydrogens (tertiary/aromatic N) is 2. The van der Waals surface area contributed by atoms with Crippen molar-refractivity contribution in [1.82, 2.24) is 9.78 Å². The van der Waals surface area contributed by atoms with Crippen molar-refractivity contribution in [3.8, 4) is 0 Å². The molecule has 5 nitrogen and oxygen atoms in total. The van der Waals surface area contributed by atoms with Gasteiger partial charge in [-0.15, -0.1) is 0 Å². The molecule has 0 saturated heterocycles. The van der Waals surface area contributed by atoms with Crippen molar-refractivity contribution in [3.63, 3.8) is 0 Å². The zero-order chi connectivity index (χ0) is 13.8. The van der Waals surface area contributed by atoms with Crippen LogP contribution in [-0.4, -0.2) is 15.7 Å². The molecular formula is C12H11BrFN3O2. The molecular weight excluding hydrogens is 317 g/mol. The van der Waals surface area contributed by atoms with Gasteiger partial charge in [0, 0.05) is 11.8 Å². The molecule has 0 amide bonds. The SMILES string of the molecule is Nc1cnn(CC(=O)OCc2cccc(F)c2Br)c1. The molecule has 19 heavy (non-hydrogen) atoms. The first-order valence-electron chi connectivity index (χ1n) is 5.42. The average molecular weight is 328 g/mol. The summed E-state index contributed by atoms with van der Waals surface area (Å²) in [4.78, 5) is 11.6. The van der Waals surface area contributed by atoms with E-state index in [9.17, 15) is 9.18 Å². The van der Waals surface area contributed by atoms with Gasteiger partial charge in [0.25, 0.3) is 0 Å². The minimum absolute atomic E-state index is 0.00602. The third-order valence-corrected chi connectivity index (χ3v) is 3.25. The summed E-state index contributed by atoms with van der Waals surface area (Å²) >= 11 is 3.10. The molecule has 0 aliphatic heterocycles. The van der Waals surface area contributed by atoms with Crippen LogP contribution in [-0.2, 0) is 22.7 Å². The largest absolute Gasteiger partial charge is 0.459 e. The number of benzene rings is 1. The number of carbonyl (C=O) groups excluding carboxylic acids is 1. The Bertz CT molecular complexity index is 600. The molecule has 7 heteroatoms. The van der Waals surface area contributed by atoms with Gasteiger partial charge in [0.2, 0.25) is 0 Å². The number of hydrogen-bond acceptors (Lipinski definition) is 4. The Balaban J connectivity index is 1.91. The van der Waals surface area contributed by atoms with E-state index in [0.717, 1.165) is 0 Å². The van der Waals surface area contributed by atoms with E-state index in [1.165, 1.54) is 23.1 Å². The summed E-state index contributed by atoms with van der Waals surface area (Å²) < 4.78 is 19.9. The van der Waals surface area contributed by atoms with Crippen molar-refractivity contribution in [2.75, 3.05) is 5.73 Å². The van der Waals surface area contributed by atoms with Crippen LogP contribution < -0.4 is 5.73 Å². The van der Waals surface area contributed by atoms with E-state index in [0.29, 0.717) is 15.7 Å². The monoisotopic (exact) mass is 327 g/mol. The van der Waals surface area contributed by atoms with E-state index in [1.807, 2.05) is 0 Å². The summed E-state index contributed by atoms with van der Waals surface area (Å²) in [5.41, 5.74) is 6.51. The molecule has 0 aliphatic carbocycles. The quantitative estimate of drug-likeness (QED) is 0.873. The Kier molecular flexibility index (Phi) is 4.16. The zero-order valence-electron chi connectivity index (χ0n) is 9.85. The lowest BCUT2D eigenvalue weighted by Crippen LogP contribution is -2.14. The van der Waals surface area contributed by atoms with Crippen LogP contribution in [0.15, 0.2) is 35.1 Å². The highest BCUT2D eigenvalue weighted by molar-refractivity contribution is 9.10. The van der Waals surface area contributed by atoms with Crippen LogP contribution in [0.5, 0.6) is 0 Å². The number of carbonyl (C=O) groups is 1. The molecule has 0 atom stereocenters. The molecule has 2 N–H and O–H groups in total. The molecule has 0 spiro atoms. The number of halogens is 2. The van der Waals surface area contributed by atoms with Gasteiger partial charge in [-0.3, -0.25) is 9.48 Å². The second-order valence-electron chi connectivity index (χ2n) is 3.84. The lowest BCUT2D eigenvalue weighted by atomic mass is 10.2. The maximum atomic E-state index is 13.2. The number of esters is 1. The number of nitrogens with two attached hydrogens (primary N) is 1. The van der Waals surface area contributed by atoms with Gasteiger partial charge in [-0.1, -0.05) is 12.1 Å². The summed E-state index contributed by atoms with van der Waals surface area (Å²) in [6.07, 6.45) is 2.97. The molecule has 0 unspecified atom stereocenters. The van der Waals surface area contributed by atoms with E-state index in [1.54, 1.807) is 12.1 Å². The second kappa shape index (κ2) is 5.83. The molecule has 100 valence electrons. The van der Waals surface area contributed by atoms with Gasteiger partial charge in [-0.05, 0) is 22.0 Å². The van der Waals surface area contributed by atoms with E-state index in [2.05, 4.69) is 21.0 Å². The summed E-state index contributed by atoms with van der Waals surface area (Å²) in [6, 6.07) is 4.55. The average Bonchev–Trinajstić information content (AvgIpc) is 2.76. The van der Waals surface area contributed by atoms with E-state index < -0.39 is 11.8 Å². The predicted molar refractivity (Wildman–Crippen MR) is 70.5 cm³/mol. The molecule has 2 rings (SSSR count). The minimum atomic E-state index is -0.473. The van der Waals surface area contributed by atoms with E-state index in [4.69, 9.17) is 10.5 Å². The lowest BCUT2D eigenvalue weighted by molar-refractivity contribution is -0.145. The highest BCUT2D eigenvalue weighted by Gasteiger charge is 2.09. The highest BCUT2D eigenvalue weighted by atomic mass is 79.9. The van der Waals surface area contributed by atoms with Gasteiger partial charge in [-0.2, -0.15) is 5.10 Å². The first-order chi connectivity index (χ1) is 9.06. The summed E-state index contributed by atoms with van der Waals surface area (Å²) in [7, 11) is 0. The summed E-state index contributed by atoms with van der Waals surface area (Å²) in [5.74, 6) is -0.868. The molecule has 0 saturated carbocycles. The van der Waals surface area contributed by atoms with Gasteiger partial charge >= 0.3 is 5.97 Å². The van der Waals surface area contributed by atoms with Crippen molar-refractivity contribution in [3.05, 3.63) is 46.4 Å². The van der Waals surface area contributed by atoms with Crippen LogP contribution in [0.25, 0.3) is 0 Å². The highest BCUT2D eigenvalue weighted by Crippen LogP contribution is 2.21. The Hall–Kier alpha value is -1.89. The summed E-state index contributed by atoms with van der Waals surface area (Å²) in [6.45, 7) is -0.0436. The molecule has 1 aromatic carbocycles. The Morgan fingerprint density at radius 3 is 3.00 bits per heavy atom. The molecule has 2 aromatic rings. The number of nitrogen functional groups attached to an aromatic ring is 1. The third-order valence-electron chi connectivity index (χ3n) is 2.36. The maximum absolute atomic E-state index is 13.2. The van der Waals surface area contributed by atoms with Crippen molar-refractivity contribution >= 4 is 27.6 Å². The van der Waals surface area contributed by atoms with Crippen molar-refractivity contribution in [2.24, 2.45) is 0 Å². The van der Waals surface area contributed by atoms with Gasteiger partial charge in [0.1, 0.15) is 19.0 Å². The van der Waals surface area contributed by atoms with E-state index >= 15 is 0 Å². The standard InChI is InChI=1S/C12H11BrFN3O2/c13-12-8(2-1-3-10(12)14)7-19-11(18)6-17-5-9(15)4-16-17/h1-5H,6-7,15H2. The fourth-order valence-corrected chi connectivity index (χ4v) is 1.84. The number of aromatic nitrogens is 2. The van der Waals surface area contributed by atoms with Crippen LogP contribution in [0, 0.1) is 5.82 Å². The minimum Gasteiger partial charge on any atom is -0.459 e. The molecule has 0 fully saturated rings. The topological polar surface area (TPSA) is 70.1 Å². The molecule has 0 aliphatic rings. The van der Waals surface area contributed by atoms with Crippen LogP contribution >= 0.6 is 15.9 Å². The second-order valence-corrected chi connectivity index (χ2v) is 4.64. The lowest BCUT2D eigenvalue weighted by Gasteiger charge is -2.07. The molecule has 0 radical (unpaired) electrons. The zero-order valence-corrected chi connectivity index (χ0v) is 11.4. The van der Waals surface area contributed by atoms with Crippen LogP contribution in [0.2, 0.25) is 0 Å². The number of ether oxygens (including phenoxy) is 1. The number of rotatable bonds is 4. The van der Waals surface area contributed by atoms with Gasteiger partial charge in [0.15, 0.2) is 0 Å². The van der Waals surface area contributed by atoms with Crippen LogP contribution in [0.3, 0.4) is 0 Å². The fraction of sp³-hybridized carbons (Fsp3) is 0.167. The maximum Gasteiger partial charge on any atom is 0.328 e. The Morgan fingerprint density at radius 2 is 2.32 bits per heavy atom. The first-order valence-corrected chi connectivity index (χ1v) is 6.22. The molecule has 1 aromatic heterocycles. The van der Waals surface area contributed by atoms with Crippen LogP contribution in [0.4, 0.5) is 10.1 Å². The Labute approximate surface area is 117 Å². The molecule has 1 heterocycles. The smallest absolute Gasteiger partial charge is 0.328 e. The predicted octanol–water partition coefficient (Wildman–Crippen LogP) is 2.11. The van der Waals surface area contributed by atoms with Gasteiger partial charge in [0.05, 0.1) is 16.4 Å².